The fraction of sp³-hybridized carbons (Fsp3) is 0.231. The van der Waals surface area contributed by atoms with Gasteiger partial charge in [-0.3, -0.25) is 0 Å². The smallest absolute Gasteiger partial charge is 0.190 e. The quantitative estimate of drug-likeness (QED) is 0.114. The van der Waals surface area contributed by atoms with Gasteiger partial charge in [0.2, 0.25) is 17.8 Å². The van der Waals surface area contributed by atoms with E-state index in [1.54, 1.807) is 0 Å². The van der Waals surface area contributed by atoms with Crippen LogP contribution in [0.25, 0.3) is 54.5 Å². The van der Waals surface area contributed by atoms with Crippen LogP contribution < -0.4 is 9.13 Å². The minimum Gasteiger partial charge on any atom is -0.190 e. The van der Waals surface area contributed by atoms with Crippen molar-refractivity contribution in [3.8, 4) is 11.3 Å². The lowest BCUT2D eigenvalue weighted by molar-refractivity contribution is -0.798. The Bertz CT molecular complexity index is 2250. The van der Waals surface area contributed by atoms with Gasteiger partial charge in [-0.1, -0.05) is 83.1 Å². The average Bonchev–Trinajstić information content (AvgIpc) is 3.26. The van der Waals surface area contributed by atoms with Gasteiger partial charge in [0.25, 0.3) is 5.54 Å². The highest BCUT2D eigenvalue weighted by molar-refractivity contribution is 6.33. The lowest BCUT2D eigenvalue weighted by Crippen LogP contribution is -2.65. The zero-order chi connectivity index (χ0) is 27.8. The molecule has 0 unspecified atom stereocenters. The van der Waals surface area contributed by atoms with Crippen LogP contribution in [0.5, 0.6) is 0 Å². The molecular formula is C39H34N2+2. The first-order valence-corrected chi connectivity index (χ1v) is 15.0. The summed E-state index contributed by atoms with van der Waals surface area (Å²) in [6.45, 7) is 12.4. The fourth-order valence-electron chi connectivity index (χ4n) is 8.07. The van der Waals surface area contributed by atoms with Crippen molar-refractivity contribution in [1.29, 1.82) is 0 Å². The molecule has 2 heteroatoms. The van der Waals surface area contributed by atoms with Crippen molar-refractivity contribution in [2.75, 3.05) is 0 Å². The van der Waals surface area contributed by atoms with Gasteiger partial charge in [-0.15, -0.1) is 0 Å². The molecular weight excluding hydrogens is 496 g/mol. The molecule has 2 aromatic heterocycles. The van der Waals surface area contributed by atoms with Gasteiger partial charge in [0.05, 0.1) is 16.3 Å². The van der Waals surface area contributed by atoms with E-state index in [9.17, 15) is 0 Å². The maximum absolute atomic E-state index is 2.63. The molecule has 5 aromatic carbocycles. The van der Waals surface area contributed by atoms with Crippen molar-refractivity contribution < 1.29 is 9.13 Å². The molecule has 41 heavy (non-hydrogen) atoms. The highest BCUT2D eigenvalue weighted by Gasteiger charge is 2.58. The maximum atomic E-state index is 2.63. The van der Waals surface area contributed by atoms with Crippen LogP contribution in [-0.2, 0) is 17.5 Å². The van der Waals surface area contributed by atoms with Crippen molar-refractivity contribution in [2.24, 2.45) is 0 Å². The van der Waals surface area contributed by atoms with E-state index in [1.165, 1.54) is 76.7 Å². The molecule has 0 radical (unpaired) electrons. The largest absolute Gasteiger partial charge is 0.278 e. The number of fused-ring (bicyclic) bond motifs is 7. The topological polar surface area (TPSA) is 7.76 Å². The SMILES string of the molecule is CC(C)c1ccc2c(c1)-c1cc(C(C)(C)C)cc[n+]1C[C@]21c2ccc3ccc4cccc5c6ccc[n+]1c6c2c3c45. The zero-order valence-corrected chi connectivity index (χ0v) is 24.4. The number of benzene rings is 5. The number of pyridine rings is 2. The van der Waals surface area contributed by atoms with E-state index in [0.29, 0.717) is 5.92 Å². The highest BCUT2D eigenvalue weighted by atomic mass is 15.1. The minimum absolute atomic E-state index is 0.0889. The van der Waals surface area contributed by atoms with Gasteiger partial charge in [-0.05, 0) is 62.2 Å². The van der Waals surface area contributed by atoms with Crippen molar-refractivity contribution in [3.63, 3.8) is 0 Å². The van der Waals surface area contributed by atoms with Gasteiger partial charge in [-0.25, -0.2) is 0 Å². The second-order valence-electron chi connectivity index (χ2n) is 13.7. The molecule has 0 aliphatic carbocycles. The number of nitrogens with zero attached hydrogens (tertiary/aromatic N) is 2. The first kappa shape index (κ1) is 23.4. The first-order chi connectivity index (χ1) is 19.8. The molecule has 1 atom stereocenters. The van der Waals surface area contributed by atoms with E-state index in [0.717, 1.165) is 6.54 Å². The third-order valence-corrected chi connectivity index (χ3v) is 10.1. The van der Waals surface area contributed by atoms with Crippen LogP contribution in [-0.4, -0.2) is 0 Å². The molecule has 9 rings (SSSR count). The minimum atomic E-state index is -0.329. The third kappa shape index (κ3) is 2.78. The Balaban J connectivity index is 1.46. The summed E-state index contributed by atoms with van der Waals surface area (Å²) in [6, 6.07) is 32.9. The molecule has 0 fully saturated rings. The molecule has 0 saturated carbocycles. The van der Waals surface area contributed by atoms with E-state index >= 15 is 0 Å². The van der Waals surface area contributed by atoms with Crippen molar-refractivity contribution in [1.82, 2.24) is 0 Å². The predicted molar refractivity (Wildman–Crippen MR) is 169 cm³/mol. The van der Waals surface area contributed by atoms with E-state index in [1.807, 2.05) is 0 Å². The van der Waals surface area contributed by atoms with Crippen molar-refractivity contribution in [3.05, 3.63) is 120 Å². The average molecular weight is 531 g/mol. The molecule has 0 bridgehead atoms. The van der Waals surface area contributed by atoms with Crippen LogP contribution in [0.1, 0.15) is 62.8 Å². The summed E-state index contributed by atoms with van der Waals surface area (Å²) in [5.74, 6) is 0.466. The Kier molecular flexibility index (Phi) is 4.28. The third-order valence-electron chi connectivity index (χ3n) is 10.1. The van der Waals surface area contributed by atoms with Gasteiger partial charge in [-0.2, -0.15) is 9.13 Å². The summed E-state index contributed by atoms with van der Waals surface area (Å²) < 4.78 is 5.15. The van der Waals surface area contributed by atoms with Gasteiger partial charge < -0.3 is 0 Å². The summed E-state index contributed by atoms with van der Waals surface area (Å²) >= 11 is 0. The van der Waals surface area contributed by atoms with Crippen LogP contribution in [0.15, 0.2) is 97.3 Å². The highest BCUT2D eigenvalue weighted by Crippen LogP contribution is 2.51. The van der Waals surface area contributed by atoms with Gasteiger partial charge in [0.15, 0.2) is 12.4 Å². The first-order valence-electron chi connectivity index (χ1n) is 15.0. The molecule has 0 N–H and O–H groups in total. The standard InChI is InChI=1S/C39H34N2/c1-23(2)26-14-15-31-30(20-26)33-21-27(38(3,4)5)17-19-40(33)22-39(31)32-16-13-25-12-11-24-8-6-9-28-29-10-7-18-41(39)37(29)36(32)35(25)34(24)28/h6-21,23H,22H2,1-5H3/q+2/t39-/m1/s1. The van der Waals surface area contributed by atoms with E-state index in [4.69, 9.17) is 0 Å². The van der Waals surface area contributed by atoms with Gasteiger partial charge in [0, 0.05) is 34.7 Å². The van der Waals surface area contributed by atoms with Gasteiger partial charge >= 0.3 is 0 Å². The molecule has 2 nitrogen and oxygen atoms in total. The number of hydrogen-bond donors (Lipinski definition) is 0. The molecule has 0 saturated heterocycles. The fourth-order valence-corrected chi connectivity index (χ4v) is 8.07. The van der Waals surface area contributed by atoms with E-state index < -0.39 is 0 Å². The molecule has 7 aromatic rings. The summed E-state index contributed by atoms with van der Waals surface area (Å²) in [4.78, 5) is 0. The maximum Gasteiger partial charge on any atom is 0.278 e. The number of aromatic nitrogens is 2. The lowest BCUT2D eigenvalue weighted by Gasteiger charge is -2.31. The van der Waals surface area contributed by atoms with Crippen LogP contribution in [0, 0.1) is 0 Å². The Morgan fingerprint density at radius 2 is 1.46 bits per heavy atom. The molecule has 198 valence electrons. The van der Waals surface area contributed by atoms with E-state index in [-0.39, 0.29) is 11.0 Å². The Hall–Kier alpha value is -4.30. The monoisotopic (exact) mass is 530 g/mol. The van der Waals surface area contributed by atoms with E-state index in [2.05, 4.69) is 141 Å². The summed E-state index contributed by atoms with van der Waals surface area (Å²) in [6.07, 6.45) is 4.69. The second-order valence-corrected chi connectivity index (χ2v) is 13.7. The van der Waals surface area contributed by atoms with Crippen LogP contribution >= 0.6 is 0 Å². The lowest BCUT2D eigenvalue weighted by atomic mass is 9.75. The molecule has 2 aliphatic heterocycles. The normalized spacial score (nSPS) is 17.6. The second kappa shape index (κ2) is 7.50. The van der Waals surface area contributed by atoms with Crippen LogP contribution in [0.2, 0.25) is 0 Å². The van der Waals surface area contributed by atoms with Crippen molar-refractivity contribution in [2.45, 2.75) is 58.0 Å². The molecule has 0 amide bonds. The summed E-state index contributed by atoms with van der Waals surface area (Å²) in [5.41, 5.74) is 9.43. The number of rotatable bonds is 1. The zero-order valence-electron chi connectivity index (χ0n) is 24.4. The molecule has 1 spiro atoms. The molecule has 4 heterocycles. The number of hydrogen-bond acceptors (Lipinski definition) is 0. The molecule has 2 aliphatic rings. The Labute approximate surface area is 240 Å². The summed E-state index contributed by atoms with van der Waals surface area (Å²) in [5, 5.41) is 9.60. The van der Waals surface area contributed by atoms with Crippen molar-refractivity contribution >= 4 is 43.2 Å². The summed E-state index contributed by atoms with van der Waals surface area (Å²) in [7, 11) is 0. The Morgan fingerprint density at radius 3 is 2.27 bits per heavy atom. The van der Waals surface area contributed by atoms with Crippen LogP contribution in [0.4, 0.5) is 0 Å². The Morgan fingerprint density at radius 1 is 0.707 bits per heavy atom. The van der Waals surface area contributed by atoms with Gasteiger partial charge in [0.1, 0.15) is 0 Å². The van der Waals surface area contributed by atoms with Crippen LogP contribution in [0.3, 0.4) is 0 Å². The predicted octanol–water partition coefficient (Wildman–Crippen LogP) is 8.52.